The normalized spacial score (nSPS) is 21.2. The van der Waals surface area contributed by atoms with Crippen molar-refractivity contribution in [1.29, 1.82) is 0 Å². The SMILES string of the molecule is CCC(=O)N1CCC(c2ccc(Nc3nc(N[C@@H]4CCCC[C@@H]4N)cnc3C(N)=O)cc2)CC1. The topological polar surface area (TPSA) is 139 Å². The van der Waals surface area contributed by atoms with Crippen molar-refractivity contribution in [3.05, 3.63) is 41.7 Å². The predicted molar refractivity (Wildman–Crippen MR) is 133 cm³/mol. The lowest BCUT2D eigenvalue weighted by Gasteiger charge is -2.32. The quantitative estimate of drug-likeness (QED) is 0.492. The molecule has 2 aromatic rings. The molecule has 1 aliphatic carbocycles. The number of nitrogens with two attached hydrogens (primary N) is 2. The molecule has 0 unspecified atom stereocenters. The number of hydrogen-bond donors (Lipinski definition) is 4. The Balaban J connectivity index is 1.44. The highest BCUT2D eigenvalue weighted by atomic mass is 16.2. The third kappa shape index (κ3) is 5.64. The predicted octanol–water partition coefficient (Wildman–Crippen LogP) is 3.12. The lowest BCUT2D eigenvalue weighted by Crippen LogP contribution is -2.42. The highest BCUT2D eigenvalue weighted by molar-refractivity contribution is 5.96. The van der Waals surface area contributed by atoms with Crippen LogP contribution in [0.2, 0.25) is 0 Å². The van der Waals surface area contributed by atoms with Gasteiger partial charge >= 0.3 is 0 Å². The zero-order valence-corrected chi connectivity index (χ0v) is 19.8. The standard InChI is InChI=1S/C25H35N7O2/c1-2-22(33)32-13-11-17(12-14-32)16-7-9-18(10-8-16)29-25-23(24(27)34)28-15-21(31-25)30-20-6-4-3-5-19(20)26/h7-10,15,17,19-20H,2-6,11-14,26H2,1H3,(H2,27,34)(H2,29,30,31)/t19-,20+/m0/s1. The van der Waals surface area contributed by atoms with Crippen LogP contribution in [0, 0.1) is 0 Å². The van der Waals surface area contributed by atoms with Gasteiger partial charge in [-0.15, -0.1) is 0 Å². The zero-order chi connectivity index (χ0) is 24.1. The van der Waals surface area contributed by atoms with Crippen molar-refractivity contribution < 1.29 is 9.59 Å². The summed E-state index contributed by atoms with van der Waals surface area (Å²) in [6.45, 7) is 3.52. The molecule has 34 heavy (non-hydrogen) atoms. The molecule has 6 N–H and O–H groups in total. The van der Waals surface area contributed by atoms with E-state index in [2.05, 4.69) is 32.7 Å². The Hall–Kier alpha value is -3.20. The maximum atomic E-state index is 11.9. The molecule has 182 valence electrons. The van der Waals surface area contributed by atoms with E-state index in [1.165, 1.54) is 11.8 Å². The molecule has 0 bridgehead atoms. The molecule has 2 amide bonds. The first-order valence-corrected chi connectivity index (χ1v) is 12.3. The van der Waals surface area contributed by atoms with E-state index in [0.717, 1.165) is 57.3 Å². The van der Waals surface area contributed by atoms with Gasteiger partial charge in [0.2, 0.25) is 5.91 Å². The molecule has 2 fully saturated rings. The third-order valence-corrected chi connectivity index (χ3v) is 6.95. The van der Waals surface area contributed by atoms with Gasteiger partial charge in [-0.1, -0.05) is 31.9 Å². The first kappa shape index (κ1) is 23.9. The summed E-state index contributed by atoms with van der Waals surface area (Å²) in [4.78, 5) is 34.6. The fraction of sp³-hybridized carbons (Fsp3) is 0.520. The average Bonchev–Trinajstić information content (AvgIpc) is 2.85. The van der Waals surface area contributed by atoms with Crippen molar-refractivity contribution in [2.24, 2.45) is 11.5 Å². The number of anilines is 3. The van der Waals surface area contributed by atoms with Gasteiger partial charge in [0, 0.05) is 37.3 Å². The highest BCUT2D eigenvalue weighted by Crippen LogP contribution is 2.30. The van der Waals surface area contributed by atoms with E-state index in [1.807, 2.05) is 24.0 Å². The van der Waals surface area contributed by atoms with E-state index in [0.29, 0.717) is 24.0 Å². The number of amides is 2. The molecule has 9 nitrogen and oxygen atoms in total. The molecule has 2 heterocycles. The number of piperidine rings is 1. The van der Waals surface area contributed by atoms with E-state index in [-0.39, 0.29) is 23.7 Å². The molecule has 9 heteroatoms. The van der Waals surface area contributed by atoms with Gasteiger partial charge in [-0.2, -0.15) is 0 Å². The van der Waals surface area contributed by atoms with Gasteiger partial charge in [0.05, 0.1) is 6.20 Å². The van der Waals surface area contributed by atoms with Crippen LogP contribution in [0.5, 0.6) is 0 Å². The second-order valence-electron chi connectivity index (χ2n) is 9.27. The molecule has 1 aromatic heterocycles. The summed E-state index contributed by atoms with van der Waals surface area (Å²) in [6.07, 6.45) is 8.26. The van der Waals surface area contributed by atoms with Crippen LogP contribution in [0.1, 0.15) is 73.8 Å². The number of rotatable bonds is 7. The maximum absolute atomic E-state index is 11.9. The molecule has 1 aromatic carbocycles. The molecule has 0 radical (unpaired) electrons. The largest absolute Gasteiger partial charge is 0.364 e. The fourth-order valence-electron chi connectivity index (χ4n) is 4.92. The Kier molecular flexibility index (Phi) is 7.62. The summed E-state index contributed by atoms with van der Waals surface area (Å²) < 4.78 is 0. The number of nitrogens with zero attached hydrogens (tertiary/aromatic N) is 3. The summed E-state index contributed by atoms with van der Waals surface area (Å²) in [5.41, 5.74) is 13.9. The van der Waals surface area contributed by atoms with E-state index in [4.69, 9.17) is 11.5 Å². The average molecular weight is 466 g/mol. The number of hydrogen-bond acceptors (Lipinski definition) is 7. The lowest BCUT2D eigenvalue weighted by molar-refractivity contribution is -0.131. The van der Waals surface area contributed by atoms with Gasteiger partial charge in [0.25, 0.3) is 5.91 Å². The Bertz CT molecular complexity index is 1000. The summed E-state index contributed by atoms with van der Waals surface area (Å²) in [7, 11) is 0. The molecule has 2 aliphatic rings. The van der Waals surface area contributed by atoms with Crippen molar-refractivity contribution >= 4 is 29.1 Å². The van der Waals surface area contributed by atoms with Crippen molar-refractivity contribution in [1.82, 2.24) is 14.9 Å². The van der Waals surface area contributed by atoms with Gasteiger partial charge in [-0.25, -0.2) is 9.97 Å². The Labute approximate surface area is 200 Å². The Morgan fingerprint density at radius 2 is 1.79 bits per heavy atom. The second-order valence-corrected chi connectivity index (χ2v) is 9.27. The molecule has 1 aliphatic heterocycles. The van der Waals surface area contributed by atoms with Crippen LogP contribution >= 0.6 is 0 Å². The maximum Gasteiger partial charge on any atom is 0.271 e. The first-order chi connectivity index (χ1) is 16.4. The van der Waals surface area contributed by atoms with Crippen molar-refractivity contribution in [3.8, 4) is 0 Å². The molecule has 1 saturated carbocycles. The number of carbonyl (C=O) groups excluding carboxylic acids is 2. The number of primary amides is 1. The fourth-order valence-corrected chi connectivity index (χ4v) is 4.92. The minimum absolute atomic E-state index is 0.0716. The highest BCUT2D eigenvalue weighted by Gasteiger charge is 2.24. The second kappa shape index (κ2) is 10.8. The van der Waals surface area contributed by atoms with Gasteiger partial charge in [0.1, 0.15) is 5.82 Å². The lowest BCUT2D eigenvalue weighted by atomic mass is 9.89. The monoisotopic (exact) mass is 465 g/mol. The van der Waals surface area contributed by atoms with Crippen molar-refractivity contribution in [3.63, 3.8) is 0 Å². The summed E-state index contributed by atoms with van der Waals surface area (Å²) >= 11 is 0. The molecular weight excluding hydrogens is 430 g/mol. The first-order valence-electron chi connectivity index (χ1n) is 12.3. The van der Waals surface area contributed by atoms with Crippen LogP contribution in [-0.4, -0.2) is 51.9 Å². The smallest absolute Gasteiger partial charge is 0.271 e. The molecule has 2 atom stereocenters. The Morgan fingerprint density at radius 3 is 2.44 bits per heavy atom. The van der Waals surface area contributed by atoms with E-state index < -0.39 is 5.91 Å². The number of aromatic nitrogens is 2. The number of carbonyl (C=O) groups is 2. The summed E-state index contributed by atoms with van der Waals surface area (Å²) in [5.74, 6) is 0.913. The zero-order valence-electron chi connectivity index (χ0n) is 19.8. The van der Waals surface area contributed by atoms with E-state index >= 15 is 0 Å². The number of likely N-dealkylation sites (tertiary alicyclic amines) is 1. The number of nitrogens with one attached hydrogen (secondary N) is 2. The molecule has 1 saturated heterocycles. The van der Waals surface area contributed by atoms with Gasteiger partial charge in [-0.3, -0.25) is 9.59 Å². The molecule has 0 spiro atoms. The minimum Gasteiger partial charge on any atom is -0.364 e. The van der Waals surface area contributed by atoms with Crippen LogP contribution in [-0.2, 0) is 4.79 Å². The Morgan fingerprint density at radius 1 is 1.09 bits per heavy atom. The van der Waals surface area contributed by atoms with Crippen LogP contribution in [0.4, 0.5) is 17.3 Å². The molecule has 4 rings (SSSR count). The third-order valence-electron chi connectivity index (χ3n) is 6.95. The summed E-state index contributed by atoms with van der Waals surface area (Å²) in [6, 6.07) is 8.33. The van der Waals surface area contributed by atoms with Gasteiger partial charge in [0.15, 0.2) is 11.5 Å². The molecular formula is C25H35N7O2. The van der Waals surface area contributed by atoms with Crippen molar-refractivity contribution in [2.75, 3.05) is 23.7 Å². The van der Waals surface area contributed by atoms with Crippen LogP contribution in [0.25, 0.3) is 0 Å². The number of benzene rings is 1. The van der Waals surface area contributed by atoms with Crippen LogP contribution in [0.3, 0.4) is 0 Å². The summed E-state index contributed by atoms with van der Waals surface area (Å²) in [5, 5.41) is 6.58. The van der Waals surface area contributed by atoms with Crippen molar-refractivity contribution in [2.45, 2.75) is 69.9 Å². The minimum atomic E-state index is -0.638. The van der Waals surface area contributed by atoms with Crippen LogP contribution in [0.15, 0.2) is 30.5 Å². The van der Waals surface area contributed by atoms with Gasteiger partial charge < -0.3 is 27.0 Å². The van der Waals surface area contributed by atoms with Gasteiger partial charge in [-0.05, 0) is 49.3 Å². The van der Waals surface area contributed by atoms with E-state index in [1.54, 1.807) is 0 Å². The van der Waals surface area contributed by atoms with E-state index in [9.17, 15) is 9.59 Å². The van der Waals surface area contributed by atoms with Crippen LogP contribution < -0.4 is 22.1 Å².